The first-order valence-corrected chi connectivity index (χ1v) is 6.52. The minimum Gasteiger partial charge on any atom is -0.330 e. The molecule has 1 aromatic rings. The predicted molar refractivity (Wildman–Crippen MR) is 72.5 cm³/mol. The first-order chi connectivity index (χ1) is 9.13. The number of imide groups is 1. The van der Waals surface area contributed by atoms with Crippen LogP contribution in [0.25, 0.3) is 0 Å². The summed E-state index contributed by atoms with van der Waals surface area (Å²) in [5.41, 5.74) is 7.36. The van der Waals surface area contributed by atoms with Crippen molar-refractivity contribution in [3.8, 4) is 0 Å². The number of unbranched alkanes of at least 4 members (excludes halogenated alkanes) is 1. The van der Waals surface area contributed by atoms with E-state index >= 15 is 0 Å². The van der Waals surface area contributed by atoms with Crippen molar-refractivity contribution in [2.24, 2.45) is 5.73 Å². The zero-order chi connectivity index (χ0) is 13.8. The van der Waals surface area contributed by atoms with Crippen LogP contribution >= 0.6 is 0 Å². The molecule has 0 aliphatic carbocycles. The summed E-state index contributed by atoms with van der Waals surface area (Å²) in [4.78, 5) is 25.3. The third-order valence-electron chi connectivity index (χ3n) is 3.27. The van der Waals surface area contributed by atoms with Crippen molar-refractivity contribution >= 4 is 11.9 Å². The number of carbonyl (C=O) groups is 2. The van der Waals surface area contributed by atoms with E-state index in [0.717, 1.165) is 24.0 Å². The molecule has 1 heterocycles. The maximum absolute atomic E-state index is 12.2. The van der Waals surface area contributed by atoms with Crippen LogP contribution in [0.2, 0.25) is 0 Å². The predicted octanol–water partition coefficient (Wildman–Crippen LogP) is 1.33. The molecular weight excluding hydrogens is 242 g/mol. The van der Waals surface area contributed by atoms with Crippen LogP contribution in [0, 0.1) is 6.92 Å². The third-order valence-corrected chi connectivity index (χ3v) is 3.27. The summed E-state index contributed by atoms with van der Waals surface area (Å²) < 4.78 is 0. The highest BCUT2D eigenvalue weighted by Crippen LogP contribution is 2.22. The van der Waals surface area contributed by atoms with Gasteiger partial charge in [0.1, 0.15) is 6.04 Å². The van der Waals surface area contributed by atoms with Gasteiger partial charge in [-0.25, -0.2) is 4.79 Å². The van der Waals surface area contributed by atoms with Crippen molar-refractivity contribution < 1.29 is 9.59 Å². The lowest BCUT2D eigenvalue weighted by Crippen LogP contribution is -2.32. The van der Waals surface area contributed by atoms with Crippen LogP contribution in [0.4, 0.5) is 4.79 Å². The smallest absolute Gasteiger partial charge is 0.325 e. The number of rotatable bonds is 5. The molecule has 1 aliphatic rings. The van der Waals surface area contributed by atoms with E-state index in [1.54, 1.807) is 0 Å². The second kappa shape index (κ2) is 5.84. The lowest BCUT2D eigenvalue weighted by atomic mass is 10.1. The van der Waals surface area contributed by atoms with Crippen molar-refractivity contribution in [3.05, 3.63) is 35.4 Å². The Labute approximate surface area is 112 Å². The molecule has 1 unspecified atom stereocenters. The van der Waals surface area contributed by atoms with Crippen LogP contribution in [0.1, 0.15) is 30.0 Å². The molecule has 19 heavy (non-hydrogen) atoms. The van der Waals surface area contributed by atoms with Crippen LogP contribution in [0.5, 0.6) is 0 Å². The summed E-state index contributed by atoms with van der Waals surface area (Å²) in [6, 6.07) is 6.76. The summed E-state index contributed by atoms with van der Waals surface area (Å²) in [6.07, 6.45) is 1.56. The van der Waals surface area contributed by atoms with E-state index in [1.807, 2.05) is 31.2 Å². The van der Waals surface area contributed by atoms with Crippen molar-refractivity contribution in [1.82, 2.24) is 10.2 Å². The van der Waals surface area contributed by atoms with Gasteiger partial charge in [-0.05, 0) is 31.9 Å². The maximum Gasteiger partial charge on any atom is 0.325 e. The minimum absolute atomic E-state index is 0.175. The number of hydrogen-bond acceptors (Lipinski definition) is 3. The highest BCUT2D eigenvalue weighted by Gasteiger charge is 2.38. The zero-order valence-electron chi connectivity index (χ0n) is 11.1. The van der Waals surface area contributed by atoms with Crippen molar-refractivity contribution in [1.29, 1.82) is 0 Å². The maximum atomic E-state index is 12.2. The molecule has 0 saturated carbocycles. The summed E-state index contributed by atoms with van der Waals surface area (Å²) in [5, 5.41) is 2.72. The lowest BCUT2D eigenvalue weighted by Gasteiger charge is -2.12. The van der Waals surface area contributed by atoms with Crippen LogP contribution in [-0.2, 0) is 4.79 Å². The normalized spacial score (nSPS) is 18.8. The van der Waals surface area contributed by atoms with Gasteiger partial charge in [0.2, 0.25) is 0 Å². The number of carbonyl (C=O) groups excluding carboxylic acids is 2. The summed E-state index contributed by atoms with van der Waals surface area (Å²) in [6.45, 7) is 2.99. The zero-order valence-corrected chi connectivity index (χ0v) is 11.1. The highest BCUT2D eigenvalue weighted by molar-refractivity contribution is 6.04. The molecule has 1 aliphatic heterocycles. The van der Waals surface area contributed by atoms with E-state index in [1.165, 1.54) is 4.90 Å². The summed E-state index contributed by atoms with van der Waals surface area (Å²) in [5.74, 6) is -0.175. The number of nitrogens with one attached hydrogen (secondary N) is 1. The first-order valence-electron chi connectivity index (χ1n) is 6.52. The van der Waals surface area contributed by atoms with Crippen LogP contribution in [0.15, 0.2) is 24.3 Å². The van der Waals surface area contributed by atoms with Crippen LogP contribution in [0.3, 0.4) is 0 Å². The number of nitrogens with two attached hydrogens (primary N) is 1. The number of nitrogens with zero attached hydrogens (tertiary/aromatic N) is 1. The number of urea groups is 1. The Kier molecular flexibility index (Phi) is 4.16. The Morgan fingerprint density at radius 2 is 1.89 bits per heavy atom. The lowest BCUT2D eigenvalue weighted by molar-refractivity contribution is -0.127. The fourth-order valence-electron chi connectivity index (χ4n) is 2.13. The Morgan fingerprint density at radius 3 is 2.53 bits per heavy atom. The second-order valence-electron chi connectivity index (χ2n) is 4.78. The number of benzene rings is 1. The standard InChI is InChI=1S/C14H19N3O2/c1-10-4-6-11(7-5-10)12-13(18)17(14(19)16-12)9-3-2-8-15/h4-7,12H,2-3,8-9,15H2,1H3,(H,16,19). The van der Waals surface area contributed by atoms with Gasteiger partial charge in [0.05, 0.1) is 0 Å². The monoisotopic (exact) mass is 261 g/mol. The van der Waals surface area contributed by atoms with Gasteiger partial charge in [0.25, 0.3) is 5.91 Å². The average Bonchev–Trinajstić information content (AvgIpc) is 2.68. The highest BCUT2D eigenvalue weighted by atomic mass is 16.2. The molecule has 1 fully saturated rings. The largest absolute Gasteiger partial charge is 0.330 e. The van der Waals surface area contributed by atoms with Crippen LogP contribution < -0.4 is 11.1 Å². The molecule has 3 N–H and O–H groups in total. The average molecular weight is 261 g/mol. The van der Waals surface area contributed by atoms with E-state index in [9.17, 15) is 9.59 Å². The molecule has 5 nitrogen and oxygen atoms in total. The quantitative estimate of drug-likeness (QED) is 0.620. The minimum atomic E-state index is -0.550. The fourth-order valence-corrected chi connectivity index (χ4v) is 2.13. The molecule has 2 rings (SSSR count). The molecule has 102 valence electrons. The molecule has 0 spiro atoms. The fraction of sp³-hybridized carbons (Fsp3) is 0.429. The van der Waals surface area contributed by atoms with Crippen molar-refractivity contribution in [3.63, 3.8) is 0 Å². The number of aryl methyl sites for hydroxylation is 1. The van der Waals surface area contributed by atoms with Crippen molar-refractivity contribution in [2.75, 3.05) is 13.1 Å². The Morgan fingerprint density at radius 1 is 1.21 bits per heavy atom. The molecule has 1 aromatic carbocycles. The van der Waals surface area contributed by atoms with Gasteiger partial charge in [0, 0.05) is 6.54 Å². The molecule has 1 saturated heterocycles. The topological polar surface area (TPSA) is 75.4 Å². The Bertz CT molecular complexity index is 470. The van der Waals surface area contributed by atoms with Crippen LogP contribution in [-0.4, -0.2) is 29.9 Å². The first kappa shape index (κ1) is 13.5. The van der Waals surface area contributed by atoms with Crippen molar-refractivity contribution in [2.45, 2.75) is 25.8 Å². The Hall–Kier alpha value is -1.88. The van der Waals surface area contributed by atoms with E-state index in [-0.39, 0.29) is 11.9 Å². The SMILES string of the molecule is Cc1ccc(C2NC(=O)N(CCCCN)C2=O)cc1. The van der Waals surface area contributed by atoms with Gasteiger partial charge in [-0.3, -0.25) is 9.69 Å². The van der Waals surface area contributed by atoms with Gasteiger partial charge in [-0.1, -0.05) is 29.8 Å². The molecule has 0 aromatic heterocycles. The number of hydrogen-bond donors (Lipinski definition) is 2. The van der Waals surface area contributed by atoms with Gasteiger partial charge in [-0.2, -0.15) is 0 Å². The molecular formula is C14H19N3O2. The van der Waals surface area contributed by atoms with E-state index in [0.29, 0.717) is 13.1 Å². The molecule has 0 bridgehead atoms. The second-order valence-corrected chi connectivity index (χ2v) is 4.78. The third kappa shape index (κ3) is 2.93. The Balaban J connectivity index is 2.07. The van der Waals surface area contributed by atoms with Gasteiger partial charge in [0.15, 0.2) is 0 Å². The molecule has 3 amide bonds. The molecule has 1 atom stereocenters. The van der Waals surface area contributed by atoms with E-state index in [4.69, 9.17) is 5.73 Å². The van der Waals surface area contributed by atoms with Gasteiger partial charge >= 0.3 is 6.03 Å². The molecule has 5 heteroatoms. The van der Waals surface area contributed by atoms with E-state index in [2.05, 4.69) is 5.32 Å². The van der Waals surface area contributed by atoms with E-state index < -0.39 is 6.04 Å². The summed E-state index contributed by atoms with van der Waals surface area (Å²) >= 11 is 0. The van der Waals surface area contributed by atoms with Gasteiger partial charge in [-0.15, -0.1) is 0 Å². The van der Waals surface area contributed by atoms with Gasteiger partial charge < -0.3 is 11.1 Å². The molecule has 0 radical (unpaired) electrons. The number of amides is 3. The summed E-state index contributed by atoms with van der Waals surface area (Å²) in [7, 11) is 0.